The third kappa shape index (κ3) is 4.59. The van der Waals surface area contributed by atoms with Crippen LogP contribution in [0.2, 0.25) is 0 Å². The van der Waals surface area contributed by atoms with Gasteiger partial charge in [-0.15, -0.1) is 0 Å². The molecule has 16 heavy (non-hydrogen) atoms. The quantitative estimate of drug-likeness (QED) is 0.659. The molecule has 2 atom stereocenters. The van der Waals surface area contributed by atoms with E-state index in [0.29, 0.717) is 6.61 Å². The maximum Gasteiger partial charge on any atom is 0.325 e. The smallest absolute Gasteiger partial charge is 0.325 e. The predicted octanol–water partition coefficient (Wildman–Crippen LogP) is -0.229. The van der Waals surface area contributed by atoms with Crippen LogP contribution in [0.15, 0.2) is 0 Å². The van der Waals surface area contributed by atoms with Gasteiger partial charge in [0.05, 0.1) is 12.7 Å². The molecule has 0 radical (unpaired) electrons. The molecule has 92 valence electrons. The van der Waals surface area contributed by atoms with Crippen molar-refractivity contribution in [1.29, 1.82) is 0 Å². The molecule has 1 amide bonds. The number of carbonyl (C=O) groups is 2. The number of ether oxygens (including phenoxy) is 2. The minimum Gasteiger partial charge on any atom is -0.480 e. The average molecular weight is 231 g/mol. The molecule has 6 heteroatoms. The molecule has 0 saturated carbocycles. The van der Waals surface area contributed by atoms with E-state index in [1.54, 1.807) is 0 Å². The highest BCUT2D eigenvalue weighted by Crippen LogP contribution is 2.11. The third-order valence-electron chi connectivity index (χ3n) is 2.31. The Morgan fingerprint density at radius 1 is 1.62 bits per heavy atom. The van der Waals surface area contributed by atoms with E-state index in [4.69, 9.17) is 14.6 Å². The summed E-state index contributed by atoms with van der Waals surface area (Å²) in [5, 5.41) is 10.9. The predicted molar refractivity (Wildman–Crippen MR) is 55.0 cm³/mol. The molecule has 1 unspecified atom stereocenters. The molecule has 1 fully saturated rings. The number of hydrogen-bond acceptors (Lipinski definition) is 4. The summed E-state index contributed by atoms with van der Waals surface area (Å²) >= 11 is 0. The second-order valence-electron chi connectivity index (χ2n) is 3.78. The molecule has 0 aromatic rings. The first-order valence-electron chi connectivity index (χ1n) is 5.31. The fraction of sp³-hybridized carbons (Fsp3) is 0.800. The van der Waals surface area contributed by atoms with Crippen molar-refractivity contribution in [2.45, 2.75) is 31.9 Å². The zero-order valence-corrected chi connectivity index (χ0v) is 9.27. The van der Waals surface area contributed by atoms with Crippen molar-refractivity contribution in [3.05, 3.63) is 0 Å². The van der Waals surface area contributed by atoms with Crippen molar-refractivity contribution in [3.8, 4) is 0 Å². The molecular formula is C10H17NO5. The summed E-state index contributed by atoms with van der Waals surface area (Å²) in [6.45, 7) is 2.41. The average Bonchev–Trinajstić information content (AvgIpc) is 2.70. The third-order valence-corrected chi connectivity index (χ3v) is 2.31. The SMILES string of the molecule is C[C@@H](NC(=O)COCC1CCCO1)C(=O)O. The van der Waals surface area contributed by atoms with E-state index in [9.17, 15) is 9.59 Å². The monoisotopic (exact) mass is 231 g/mol. The Morgan fingerprint density at radius 3 is 2.94 bits per heavy atom. The summed E-state index contributed by atoms with van der Waals surface area (Å²) in [4.78, 5) is 21.6. The summed E-state index contributed by atoms with van der Waals surface area (Å²) in [7, 11) is 0. The molecule has 0 aromatic carbocycles. The van der Waals surface area contributed by atoms with E-state index in [-0.39, 0.29) is 12.7 Å². The van der Waals surface area contributed by atoms with Crippen molar-refractivity contribution in [1.82, 2.24) is 5.32 Å². The first-order valence-corrected chi connectivity index (χ1v) is 5.31. The van der Waals surface area contributed by atoms with E-state index in [1.165, 1.54) is 6.92 Å². The maximum atomic E-state index is 11.2. The highest BCUT2D eigenvalue weighted by Gasteiger charge is 2.17. The van der Waals surface area contributed by atoms with Gasteiger partial charge in [-0.3, -0.25) is 9.59 Å². The van der Waals surface area contributed by atoms with Crippen LogP contribution in [-0.4, -0.2) is 48.9 Å². The van der Waals surface area contributed by atoms with E-state index in [0.717, 1.165) is 19.4 Å². The van der Waals surface area contributed by atoms with E-state index in [1.807, 2.05) is 0 Å². The van der Waals surface area contributed by atoms with E-state index >= 15 is 0 Å². The summed E-state index contributed by atoms with van der Waals surface area (Å²) in [5.41, 5.74) is 0. The van der Waals surface area contributed by atoms with Gasteiger partial charge in [0.2, 0.25) is 5.91 Å². The molecule has 1 aliphatic heterocycles. The standard InChI is InChI=1S/C10H17NO5/c1-7(10(13)14)11-9(12)6-15-5-8-3-2-4-16-8/h7-8H,2-6H2,1H3,(H,11,12)(H,13,14)/t7-,8?/m1/s1. The number of carboxylic acids is 1. The fourth-order valence-electron chi connectivity index (χ4n) is 1.40. The minimum atomic E-state index is -1.06. The molecule has 0 bridgehead atoms. The lowest BCUT2D eigenvalue weighted by Gasteiger charge is -2.11. The topological polar surface area (TPSA) is 84.9 Å². The Kier molecular flexibility index (Phi) is 5.21. The number of hydrogen-bond donors (Lipinski definition) is 2. The zero-order valence-electron chi connectivity index (χ0n) is 9.27. The van der Waals surface area contributed by atoms with Crippen LogP contribution in [0.5, 0.6) is 0 Å². The van der Waals surface area contributed by atoms with E-state index < -0.39 is 17.9 Å². The first kappa shape index (κ1) is 12.9. The Balaban J connectivity index is 2.07. The summed E-state index contributed by atoms with van der Waals surface area (Å²) in [5.74, 6) is -1.49. The highest BCUT2D eigenvalue weighted by atomic mass is 16.5. The van der Waals surface area contributed by atoms with Crippen molar-refractivity contribution in [2.24, 2.45) is 0 Å². The lowest BCUT2D eigenvalue weighted by molar-refractivity contribution is -0.142. The number of rotatable bonds is 6. The van der Waals surface area contributed by atoms with Gasteiger partial charge in [-0.05, 0) is 19.8 Å². The minimum absolute atomic E-state index is 0.0738. The van der Waals surface area contributed by atoms with Crippen LogP contribution in [0.3, 0.4) is 0 Å². The second-order valence-corrected chi connectivity index (χ2v) is 3.78. The Bertz CT molecular complexity index is 250. The van der Waals surface area contributed by atoms with Gasteiger partial charge in [-0.25, -0.2) is 0 Å². The Morgan fingerprint density at radius 2 is 2.38 bits per heavy atom. The molecule has 6 nitrogen and oxygen atoms in total. The van der Waals surface area contributed by atoms with Gasteiger partial charge in [0.1, 0.15) is 12.6 Å². The highest BCUT2D eigenvalue weighted by molar-refractivity contribution is 5.83. The molecule has 0 aliphatic carbocycles. The molecule has 2 N–H and O–H groups in total. The maximum absolute atomic E-state index is 11.2. The van der Waals surface area contributed by atoms with Crippen LogP contribution in [0.25, 0.3) is 0 Å². The van der Waals surface area contributed by atoms with Crippen molar-refractivity contribution in [2.75, 3.05) is 19.8 Å². The lowest BCUT2D eigenvalue weighted by atomic mass is 10.2. The van der Waals surface area contributed by atoms with Gasteiger partial charge >= 0.3 is 5.97 Å². The van der Waals surface area contributed by atoms with Crippen LogP contribution in [-0.2, 0) is 19.1 Å². The van der Waals surface area contributed by atoms with Gasteiger partial charge in [-0.2, -0.15) is 0 Å². The van der Waals surface area contributed by atoms with Crippen LogP contribution >= 0.6 is 0 Å². The normalized spacial score (nSPS) is 21.7. The number of amides is 1. The molecule has 1 saturated heterocycles. The first-order chi connectivity index (χ1) is 7.59. The number of aliphatic carboxylic acids is 1. The van der Waals surface area contributed by atoms with Gasteiger partial charge < -0.3 is 19.9 Å². The second kappa shape index (κ2) is 6.44. The molecule has 1 heterocycles. The molecule has 1 rings (SSSR count). The van der Waals surface area contributed by atoms with Gasteiger partial charge in [0, 0.05) is 6.61 Å². The largest absolute Gasteiger partial charge is 0.480 e. The van der Waals surface area contributed by atoms with Crippen molar-refractivity contribution < 1.29 is 24.2 Å². The van der Waals surface area contributed by atoms with Gasteiger partial charge in [0.15, 0.2) is 0 Å². The Labute approximate surface area is 93.9 Å². The molecule has 0 aromatic heterocycles. The fourth-order valence-corrected chi connectivity index (χ4v) is 1.40. The summed E-state index contributed by atoms with van der Waals surface area (Å²) in [6.07, 6.45) is 2.05. The van der Waals surface area contributed by atoms with Crippen LogP contribution in [0.1, 0.15) is 19.8 Å². The van der Waals surface area contributed by atoms with Gasteiger partial charge in [0.25, 0.3) is 0 Å². The molecule has 0 spiro atoms. The number of carbonyl (C=O) groups excluding carboxylic acids is 1. The van der Waals surface area contributed by atoms with E-state index in [2.05, 4.69) is 5.32 Å². The van der Waals surface area contributed by atoms with Crippen LogP contribution < -0.4 is 5.32 Å². The van der Waals surface area contributed by atoms with Crippen LogP contribution in [0, 0.1) is 0 Å². The zero-order chi connectivity index (χ0) is 12.0. The molecule has 1 aliphatic rings. The summed E-state index contributed by atoms with van der Waals surface area (Å²) in [6, 6.07) is -0.890. The summed E-state index contributed by atoms with van der Waals surface area (Å²) < 4.78 is 10.4. The van der Waals surface area contributed by atoms with Crippen LogP contribution in [0.4, 0.5) is 0 Å². The van der Waals surface area contributed by atoms with Gasteiger partial charge in [-0.1, -0.05) is 0 Å². The number of carboxylic acid groups (broad SMARTS) is 1. The van der Waals surface area contributed by atoms with Crippen molar-refractivity contribution in [3.63, 3.8) is 0 Å². The number of nitrogens with one attached hydrogen (secondary N) is 1. The van der Waals surface area contributed by atoms with Crippen molar-refractivity contribution >= 4 is 11.9 Å². The molecular weight excluding hydrogens is 214 g/mol. The lowest BCUT2D eigenvalue weighted by Crippen LogP contribution is -2.40. The Hall–Kier alpha value is -1.14.